The van der Waals surface area contributed by atoms with Crippen LogP contribution in [0.5, 0.6) is 0 Å². The lowest BCUT2D eigenvalue weighted by Crippen LogP contribution is -2.39. The summed E-state index contributed by atoms with van der Waals surface area (Å²) in [5, 5.41) is 6.27. The number of hydrogen-bond acceptors (Lipinski definition) is 6. The molecule has 0 bridgehead atoms. The van der Waals surface area contributed by atoms with Gasteiger partial charge in [0.05, 0.1) is 0 Å². The fourth-order valence-corrected chi connectivity index (χ4v) is 4.15. The molecule has 1 amide bonds. The summed E-state index contributed by atoms with van der Waals surface area (Å²) in [5.41, 5.74) is 2.82. The predicted molar refractivity (Wildman–Crippen MR) is 138 cm³/mol. The number of carbonyl (C=O) groups is 1. The Kier molecular flexibility index (Phi) is 6.41. The lowest BCUT2D eigenvalue weighted by atomic mass is 10.1. The van der Waals surface area contributed by atoms with Crippen LogP contribution in [0.1, 0.15) is 37.8 Å². The van der Waals surface area contributed by atoms with Crippen LogP contribution >= 0.6 is 0 Å². The van der Waals surface area contributed by atoms with Gasteiger partial charge >= 0.3 is 5.69 Å². The zero-order valence-electron chi connectivity index (χ0n) is 20.4. The van der Waals surface area contributed by atoms with Crippen molar-refractivity contribution in [3.05, 3.63) is 74.6 Å². The Hall–Kier alpha value is -4.21. The van der Waals surface area contributed by atoms with Crippen molar-refractivity contribution in [1.82, 2.24) is 29.4 Å². The Balaban J connectivity index is 1.25. The second-order valence-electron chi connectivity index (χ2n) is 8.95. The molecule has 36 heavy (non-hydrogen) atoms. The van der Waals surface area contributed by atoms with Crippen LogP contribution in [0.15, 0.2) is 52.2 Å². The zero-order chi connectivity index (χ0) is 25.2. The molecule has 1 aromatic carbocycles. The van der Waals surface area contributed by atoms with E-state index in [2.05, 4.69) is 25.6 Å². The highest BCUT2D eigenvalue weighted by Crippen LogP contribution is 2.28. The van der Waals surface area contributed by atoms with Gasteiger partial charge in [-0.2, -0.15) is 0 Å². The van der Waals surface area contributed by atoms with Gasteiger partial charge in [0, 0.05) is 43.9 Å². The molecule has 0 radical (unpaired) electrons. The summed E-state index contributed by atoms with van der Waals surface area (Å²) in [6.45, 7) is 5.48. The van der Waals surface area contributed by atoms with E-state index >= 15 is 0 Å². The first-order valence-electron chi connectivity index (χ1n) is 12.3. The zero-order valence-corrected chi connectivity index (χ0v) is 20.4. The molecular formula is C26H29N7O3. The largest absolute Gasteiger partial charge is 0.366 e. The molecule has 0 atom stereocenters. The number of aromatic nitrogens is 5. The molecule has 0 spiro atoms. The van der Waals surface area contributed by atoms with E-state index in [0.717, 1.165) is 24.0 Å². The number of carbonyl (C=O) groups excluding carboxylic acids is 1. The molecule has 5 rings (SSSR count). The Labute approximate surface area is 207 Å². The van der Waals surface area contributed by atoms with Crippen LogP contribution in [0.4, 0.5) is 5.82 Å². The van der Waals surface area contributed by atoms with Crippen molar-refractivity contribution in [2.45, 2.75) is 52.9 Å². The van der Waals surface area contributed by atoms with Crippen molar-refractivity contribution in [3.63, 3.8) is 0 Å². The number of fused-ring (bicyclic) bond motifs is 1. The first-order chi connectivity index (χ1) is 17.5. The number of benzene rings is 1. The second kappa shape index (κ2) is 9.80. The molecule has 10 heteroatoms. The smallest absolute Gasteiger partial charge is 0.332 e. The monoisotopic (exact) mass is 487 g/mol. The van der Waals surface area contributed by atoms with E-state index < -0.39 is 0 Å². The number of aryl methyl sites for hydroxylation is 1. The molecule has 0 saturated heterocycles. The number of rotatable bonds is 9. The van der Waals surface area contributed by atoms with Gasteiger partial charge < -0.3 is 15.6 Å². The fourth-order valence-electron chi connectivity index (χ4n) is 4.15. The summed E-state index contributed by atoms with van der Waals surface area (Å²) in [4.78, 5) is 49.2. The summed E-state index contributed by atoms with van der Waals surface area (Å²) in [6.07, 6.45) is 3.69. The fraction of sp³-hybridized carbons (Fsp3) is 0.346. The van der Waals surface area contributed by atoms with E-state index in [1.807, 2.05) is 43.3 Å². The Morgan fingerprint density at radius 2 is 1.69 bits per heavy atom. The number of hydrogen-bond donors (Lipinski definition) is 3. The van der Waals surface area contributed by atoms with Crippen LogP contribution in [-0.4, -0.2) is 30.0 Å². The highest BCUT2D eigenvalue weighted by atomic mass is 16.2. The predicted octanol–water partition coefficient (Wildman–Crippen LogP) is 2.63. The standard InChI is InChI=1S/C26H29N7O3/c1-3-32-23-21(25(35)33(4-2)26(32)36)30-22(31-23)19-11-12-20(28-15-19)27-13-16-5-7-17(8-6-16)14-29-24(34)18-9-10-18/h5-8,11-12,15,18H,3-4,9-10,13-14H2,1-2H3,(H,27,28)(H,29,34)(H,30,31). The molecule has 1 fully saturated rings. The van der Waals surface area contributed by atoms with Crippen molar-refractivity contribution >= 4 is 22.9 Å². The van der Waals surface area contributed by atoms with Crippen molar-refractivity contribution in [3.8, 4) is 11.4 Å². The number of H-pyrrole nitrogens is 1. The Morgan fingerprint density at radius 3 is 2.31 bits per heavy atom. The highest BCUT2D eigenvalue weighted by molar-refractivity contribution is 5.80. The average Bonchev–Trinajstić information content (AvgIpc) is 3.66. The molecule has 186 valence electrons. The van der Waals surface area contributed by atoms with E-state index in [4.69, 9.17) is 0 Å². The number of pyridine rings is 1. The molecule has 3 heterocycles. The van der Waals surface area contributed by atoms with Crippen LogP contribution in [0.25, 0.3) is 22.6 Å². The molecule has 1 saturated carbocycles. The Morgan fingerprint density at radius 1 is 1.00 bits per heavy atom. The van der Waals surface area contributed by atoms with Crippen LogP contribution in [0, 0.1) is 5.92 Å². The van der Waals surface area contributed by atoms with Gasteiger partial charge in [-0.05, 0) is 49.9 Å². The lowest BCUT2D eigenvalue weighted by Gasteiger charge is -2.08. The minimum Gasteiger partial charge on any atom is -0.366 e. The maximum atomic E-state index is 12.7. The van der Waals surface area contributed by atoms with Gasteiger partial charge in [0.1, 0.15) is 17.2 Å². The van der Waals surface area contributed by atoms with Gasteiger partial charge in [0.25, 0.3) is 5.56 Å². The van der Waals surface area contributed by atoms with E-state index in [9.17, 15) is 14.4 Å². The maximum Gasteiger partial charge on any atom is 0.332 e. The maximum absolute atomic E-state index is 12.7. The van der Waals surface area contributed by atoms with Gasteiger partial charge in [-0.3, -0.25) is 18.7 Å². The van der Waals surface area contributed by atoms with E-state index in [1.54, 1.807) is 13.1 Å². The van der Waals surface area contributed by atoms with E-state index in [0.29, 0.717) is 54.5 Å². The third-order valence-electron chi connectivity index (χ3n) is 6.44. The molecular weight excluding hydrogens is 458 g/mol. The quantitative estimate of drug-likeness (QED) is 0.333. The van der Waals surface area contributed by atoms with Crippen LogP contribution < -0.4 is 21.9 Å². The average molecular weight is 488 g/mol. The Bertz CT molecular complexity index is 1510. The van der Waals surface area contributed by atoms with Gasteiger partial charge in [0.2, 0.25) is 5.91 Å². The molecule has 0 aliphatic heterocycles. The molecule has 1 aliphatic rings. The number of nitrogens with one attached hydrogen (secondary N) is 3. The molecule has 10 nitrogen and oxygen atoms in total. The summed E-state index contributed by atoms with van der Waals surface area (Å²) in [5.74, 6) is 1.56. The molecule has 3 aromatic heterocycles. The van der Waals surface area contributed by atoms with Crippen molar-refractivity contribution in [2.75, 3.05) is 5.32 Å². The first-order valence-corrected chi connectivity index (χ1v) is 12.3. The number of nitrogens with zero attached hydrogens (tertiary/aromatic N) is 4. The number of amides is 1. The minimum absolute atomic E-state index is 0.149. The number of imidazole rings is 1. The normalized spacial score (nSPS) is 13.2. The topological polar surface area (TPSA) is 127 Å². The van der Waals surface area contributed by atoms with Crippen molar-refractivity contribution in [1.29, 1.82) is 0 Å². The third-order valence-corrected chi connectivity index (χ3v) is 6.44. The van der Waals surface area contributed by atoms with E-state index in [-0.39, 0.29) is 23.1 Å². The summed E-state index contributed by atoms with van der Waals surface area (Å²) < 4.78 is 2.70. The SMILES string of the molecule is CCn1c(=O)c2[nH]c(-c3ccc(NCc4ccc(CNC(=O)C5CC5)cc4)nc3)nc2n(CC)c1=O. The molecule has 1 aliphatic carbocycles. The van der Waals surface area contributed by atoms with Gasteiger partial charge in [0.15, 0.2) is 5.65 Å². The van der Waals surface area contributed by atoms with Crippen LogP contribution in [-0.2, 0) is 31.0 Å². The molecule has 3 N–H and O–H groups in total. The lowest BCUT2D eigenvalue weighted by molar-refractivity contribution is -0.122. The summed E-state index contributed by atoms with van der Waals surface area (Å²) in [7, 11) is 0. The van der Waals surface area contributed by atoms with Crippen molar-refractivity contribution in [2.24, 2.45) is 5.92 Å². The van der Waals surface area contributed by atoms with Crippen LogP contribution in [0.2, 0.25) is 0 Å². The summed E-state index contributed by atoms with van der Waals surface area (Å²) >= 11 is 0. The molecule has 4 aromatic rings. The highest BCUT2D eigenvalue weighted by Gasteiger charge is 2.29. The number of aromatic amines is 1. The second-order valence-corrected chi connectivity index (χ2v) is 8.95. The van der Waals surface area contributed by atoms with E-state index in [1.165, 1.54) is 9.13 Å². The molecule has 0 unspecified atom stereocenters. The minimum atomic E-state index is -0.372. The number of anilines is 1. The van der Waals surface area contributed by atoms with Gasteiger partial charge in [-0.25, -0.2) is 14.8 Å². The van der Waals surface area contributed by atoms with Gasteiger partial charge in [-0.15, -0.1) is 0 Å². The third kappa shape index (κ3) is 4.66. The summed E-state index contributed by atoms with van der Waals surface area (Å²) in [6, 6.07) is 11.8. The van der Waals surface area contributed by atoms with Crippen LogP contribution in [0.3, 0.4) is 0 Å². The van der Waals surface area contributed by atoms with Gasteiger partial charge in [-0.1, -0.05) is 24.3 Å². The van der Waals surface area contributed by atoms with Crippen molar-refractivity contribution < 1.29 is 4.79 Å². The first kappa shape index (κ1) is 23.5.